The second-order valence-corrected chi connectivity index (χ2v) is 5.65. The number of pyridine rings is 1. The summed E-state index contributed by atoms with van der Waals surface area (Å²) in [6.07, 6.45) is 7.77. The van der Waals surface area contributed by atoms with Crippen molar-refractivity contribution in [1.82, 2.24) is 4.98 Å². The summed E-state index contributed by atoms with van der Waals surface area (Å²) in [7, 11) is 0. The smallest absolute Gasteiger partial charge is 0.233 e. The molecular formula is C14H20ClN3O. The van der Waals surface area contributed by atoms with Crippen molar-refractivity contribution in [2.45, 2.75) is 38.5 Å². The van der Waals surface area contributed by atoms with E-state index in [1.165, 1.54) is 19.0 Å². The van der Waals surface area contributed by atoms with Gasteiger partial charge in [0.25, 0.3) is 0 Å². The Morgan fingerprint density at radius 1 is 1.32 bits per heavy atom. The molecule has 0 aromatic carbocycles. The van der Waals surface area contributed by atoms with Crippen LogP contribution in [0.1, 0.15) is 38.5 Å². The highest BCUT2D eigenvalue weighted by Crippen LogP contribution is 2.35. The normalized spacial score (nSPS) is 18.6. The Bertz CT molecular complexity index is 425. The van der Waals surface area contributed by atoms with E-state index in [-0.39, 0.29) is 5.91 Å². The Balaban J connectivity index is 2.09. The number of rotatable bonds is 3. The SMILES string of the molecule is NCC1(C(=O)Nc2ccc(Cl)cn2)CCCCCC1. The average Bonchev–Trinajstić information content (AvgIpc) is 2.67. The van der Waals surface area contributed by atoms with Crippen LogP contribution in [0, 0.1) is 5.41 Å². The van der Waals surface area contributed by atoms with Gasteiger partial charge in [-0.2, -0.15) is 0 Å². The van der Waals surface area contributed by atoms with Crippen LogP contribution < -0.4 is 11.1 Å². The molecule has 0 atom stereocenters. The van der Waals surface area contributed by atoms with E-state index in [0.29, 0.717) is 17.4 Å². The molecule has 1 heterocycles. The summed E-state index contributed by atoms with van der Waals surface area (Å²) < 4.78 is 0. The lowest BCUT2D eigenvalue weighted by Gasteiger charge is -2.29. The number of nitrogens with zero attached hydrogens (tertiary/aromatic N) is 1. The van der Waals surface area contributed by atoms with E-state index in [4.69, 9.17) is 17.3 Å². The highest BCUT2D eigenvalue weighted by molar-refractivity contribution is 6.30. The first-order chi connectivity index (χ1) is 9.16. The van der Waals surface area contributed by atoms with E-state index in [1.54, 1.807) is 12.1 Å². The molecule has 4 nitrogen and oxygen atoms in total. The van der Waals surface area contributed by atoms with Gasteiger partial charge in [-0.3, -0.25) is 4.79 Å². The summed E-state index contributed by atoms with van der Waals surface area (Å²) in [5.74, 6) is 0.526. The summed E-state index contributed by atoms with van der Waals surface area (Å²) in [5, 5.41) is 3.43. The van der Waals surface area contributed by atoms with E-state index >= 15 is 0 Å². The van der Waals surface area contributed by atoms with Crippen molar-refractivity contribution < 1.29 is 4.79 Å². The molecule has 0 saturated heterocycles. The molecule has 1 aliphatic carbocycles. The van der Waals surface area contributed by atoms with Gasteiger partial charge < -0.3 is 11.1 Å². The zero-order chi connectivity index (χ0) is 13.7. The van der Waals surface area contributed by atoms with Gasteiger partial charge in [-0.25, -0.2) is 4.98 Å². The molecule has 0 spiro atoms. The highest BCUT2D eigenvalue weighted by atomic mass is 35.5. The van der Waals surface area contributed by atoms with Gasteiger partial charge in [0.2, 0.25) is 5.91 Å². The molecule has 0 bridgehead atoms. The van der Waals surface area contributed by atoms with E-state index in [1.807, 2.05) is 0 Å². The fourth-order valence-corrected chi connectivity index (χ4v) is 2.74. The van der Waals surface area contributed by atoms with E-state index in [0.717, 1.165) is 25.7 Å². The molecule has 104 valence electrons. The van der Waals surface area contributed by atoms with Crippen LogP contribution in [-0.2, 0) is 4.79 Å². The Morgan fingerprint density at radius 2 is 2.00 bits per heavy atom. The van der Waals surface area contributed by atoms with Crippen LogP contribution in [0.3, 0.4) is 0 Å². The highest BCUT2D eigenvalue weighted by Gasteiger charge is 2.37. The largest absolute Gasteiger partial charge is 0.329 e. The van der Waals surface area contributed by atoms with Gasteiger partial charge >= 0.3 is 0 Å². The lowest BCUT2D eigenvalue weighted by molar-refractivity contribution is -0.125. The Hall–Kier alpha value is -1.13. The summed E-state index contributed by atoms with van der Waals surface area (Å²) in [6, 6.07) is 3.42. The molecule has 1 aromatic rings. The monoisotopic (exact) mass is 281 g/mol. The maximum atomic E-state index is 12.5. The third-order valence-corrected chi connectivity index (χ3v) is 4.13. The standard InChI is InChI=1S/C14H20ClN3O/c15-11-5-6-12(17-9-11)18-13(19)14(10-16)7-3-1-2-4-8-14/h5-6,9H,1-4,7-8,10,16H2,(H,17,18,19). The first-order valence-electron chi connectivity index (χ1n) is 6.79. The molecule has 2 rings (SSSR count). The molecule has 1 aliphatic rings. The molecule has 5 heteroatoms. The second kappa shape index (κ2) is 6.35. The minimum atomic E-state index is -0.433. The number of anilines is 1. The molecule has 0 aliphatic heterocycles. The first-order valence-corrected chi connectivity index (χ1v) is 7.17. The second-order valence-electron chi connectivity index (χ2n) is 5.21. The van der Waals surface area contributed by atoms with Crippen molar-refractivity contribution in [1.29, 1.82) is 0 Å². The lowest BCUT2D eigenvalue weighted by atomic mass is 9.79. The predicted octanol–water partition coefficient (Wildman–Crippen LogP) is 2.97. The third kappa shape index (κ3) is 3.45. The van der Waals surface area contributed by atoms with Crippen LogP contribution in [0.15, 0.2) is 18.3 Å². The van der Waals surface area contributed by atoms with Gasteiger partial charge in [0.1, 0.15) is 5.82 Å². The number of nitrogens with one attached hydrogen (secondary N) is 1. The molecule has 1 saturated carbocycles. The van der Waals surface area contributed by atoms with Gasteiger partial charge in [-0.15, -0.1) is 0 Å². The van der Waals surface area contributed by atoms with Gasteiger partial charge in [0.15, 0.2) is 0 Å². The molecule has 3 N–H and O–H groups in total. The van der Waals surface area contributed by atoms with Crippen molar-refractivity contribution >= 4 is 23.3 Å². The number of halogens is 1. The van der Waals surface area contributed by atoms with Crippen molar-refractivity contribution in [3.63, 3.8) is 0 Å². The average molecular weight is 282 g/mol. The number of nitrogens with two attached hydrogens (primary N) is 1. The molecule has 0 unspecified atom stereocenters. The van der Waals surface area contributed by atoms with Crippen molar-refractivity contribution in [3.05, 3.63) is 23.4 Å². The zero-order valence-corrected chi connectivity index (χ0v) is 11.7. The van der Waals surface area contributed by atoms with E-state index in [2.05, 4.69) is 10.3 Å². The van der Waals surface area contributed by atoms with Crippen molar-refractivity contribution in [3.8, 4) is 0 Å². The predicted molar refractivity (Wildman–Crippen MR) is 77.1 cm³/mol. The number of aromatic nitrogens is 1. The molecule has 1 amide bonds. The summed E-state index contributed by atoms with van der Waals surface area (Å²) in [4.78, 5) is 16.6. The Morgan fingerprint density at radius 3 is 2.53 bits per heavy atom. The fourth-order valence-electron chi connectivity index (χ4n) is 2.63. The Kier molecular flexibility index (Phi) is 4.77. The third-order valence-electron chi connectivity index (χ3n) is 3.90. The van der Waals surface area contributed by atoms with Crippen LogP contribution in [0.5, 0.6) is 0 Å². The first kappa shape index (κ1) is 14.3. The number of amides is 1. The number of carbonyl (C=O) groups excluding carboxylic acids is 1. The van der Waals surface area contributed by atoms with Crippen LogP contribution in [0.4, 0.5) is 5.82 Å². The minimum absolute atomic E-state index is 0.00766. The van der Waals surface area contributed by atoms with Crippen LogP contribution in [0.2, 0.25) is 5.02 Å². The molecular weight excluding hydrogens is 262 g/mol. The summed E-state index contributed by atoms with van der Waals surface area (Å²) >= 11 is 5.78. The number of hydrogen-bond donors (Lipinski definition) is 2. The molecule has 0 radical (unpaired) electrons. The molecule has 1 fully saturated rings. The fraction of sp³-hybridized carbons (Fsp3) is 0.571. The van der Waals surface area contributed by atoms with Gasteiger partial charge in [0.05, 0.1) is 10.4 Å². The van der Waals surface area contributed by atoms with Gasteiger partial charge in [0, 0.05) is 12.7 Å². The number of carbonyl (C=O) groups is 1. The van der Waals surface area contributed by atoms with Crippen molar-refractivity contribution in [2.75, 3.05) is 11.9 Å². The lowest BCUT2D eigenvalue weighted by Crippen LogP contribution is -2.42. The molecule has 19 heavy (non-hydrogen) atoms. The minimum Gasteiger partial charge on any atom is -0.329 e. The van der Waals surface area contributed by atoms with Gasteiger partial charge in [-0.05, 0) is 25.0 Å². The van der Waals surface area contributed by atoms with Crippen LogP contribution in [-0.4, -0.2) is 17.4 Å². The Labute approximate surface area is 118 Å². The molecule has 1 aromatic heterocycles. The van der Waals surface area contributed by atoms with Crippen LogP contribution >= 0.6 is 11.6 Å². The summed E-state index contributed by atoms with van der Waals surface area (Å²) in [5.41, 5.74) is 5.45. The van der Waals surface area contributed by atoms with E-state index in [9.17, 15) is 4.79 Å². The summed E-state index contributed by atoms with van der Waals surface area (Å²) in [6.45, 7) is 0.395. The number of hydrogen-bond acceptors (Lipinski definition) is 3. The maximum absolute atomic E-state index is 12.5. The van der Waals surface area contributed by atoms with Gasteiger partial charge in [-0.1, -0.05) is 37.3 Å². The van der Waals surface area contributed by atoms with Crippen molar-refractivity contribution in [2.24, 2.45) is 11.1 Å². The van der Waals surface area contributed by atoms with Crippen LogP contribution in [0.25, 0.3) is 0 Å². The quantitative estimate of drug-likeness (QED) is 0.837. The van der Waals surface area contributed by atoms with E-state index < -0.39 is 5.41 Å². The maximum Gasteiger partial charge on any atom is 0.233 e. The zero-order valence-electron chi connectivity index (χ0n) is 11.0. The topological polar surface area (TPSA) is 68.0 Å².